The van der Waals surface area contributed by atoms with E-state index < -0.39 is 0 Å². The molecule has 0 amide bonds. The van der Waals surface area contributed by atoms with Crippen LogP contribution in [0.4, 0.5) is 4.39 Å². The lowest BCUT2D eigenvalue weighted by Gasteiger charge is -2.02. The zero-order chi connectivity index (χ0) is 16.2. The van der Waals surface area contributed by atoms with Crippen molar-refractivity contribution in [1.82, 2.24) is 0 Å². The molecule has 2 N–H and O–H groups in total. The standard InChI is InChI=1S/C18H14Cl2FNO/c19-13-3-7-16(17(20)9-13)18-8-6-15(23-18)11-22-10-12-1-4-14(21)5-2-12/h1-9,22H,10-11H2/p+1. The number of hydrogen-bond donors (Lipinski definition) is 1. The molecule has 5 heteroatoms. The number of hydrogen-bond acceptors (Lipinski definition) is 1. The lowest BCUT2D eigenvalue weighted by molar-refractivity contribution is -0.687. The van der Waals surface area contributed by atoms with Crippen LogP contribution in [0.3, 0.4) is 0 Å². The molecule has 3 rings (SSSR count). The van der Waals surface area contributed by atoms with Gasteiger partial charge < -0.3 is 9.73 Å². The summed E-state index contributed by atoms with van der Waals surface area (Å²) in [6.45, 7) is 1.46. The van der Waals surface area contributed by atoms with Gasteiger partial charge in [-0.25, -0.2) is 4.39 Å². The van der Waals surface area contributed by atoms with Crippen molar-refractivity contribution in [3.63, 3.8) is 0 Å². The van der Waals surface area contributed by atoms with Gasteiger partial charge in [0.2, 0.25) is 0 Å². The quantitative estimate of drug-likeness (QED) is 0.712. The predicted molar refractivity (Wildman–Crippen MR) is 89.9 cm³/mol. The maximum atomic E-state index is 12.9. The van der Waals surface area contributed by atoms with Crippen molar-refractivity contribution in [1.29, 1.82) is 0 Å². The predicted octanol–water partition coefficient (Wildman–Crippen LogP) is 4.66. The van der Waals surface area contributed by atoms with Crippen LogP contribution in [-0.2, 0) is 13.1 Å². The first-order valence-electron chi connectivity index (χ1n) is 7.22. The largest absolute Gasteiger partial charge is 0.455 e. The minimum Gasteiger partial charge on any atom is -0.455 e. The summed E-state index contributed by atoms with van der Waals surface area (Å²) in [5, 5.41) is 3.26. The molecule has 0 atom stereocenters. The Morgan fingerprint density at radius 2 is 1.70 bits per heavy atom. The van der Waals surface area contributed by atoms with Crippen LogP contribution in [0, 0.1) is 5.82 Å². The van der Waals surface area contributed by atoms with Gasteiger partial charge >= 0.3 is 0 Å². The highest BCUT2D eigenvalue weighted by Gasteiger charge is 2.10. The zero-order valence-electron chi connectivity index (χ0n) is 12.2. The Labute approximate surface area is 143 Å². The fourth-order valence-electron chi connectivity index (χ4n) is 2.32. The first-order valence-corrected chi connectivity index (χ1v) is 7.97. The third kappa shape index (κ3) is 4.14. The Morgan fingerprint density at radius 3 is 2.43 bits per heavy atom. The van der Waals surface area contributed by atoms with E-state index in [0.717, 1.165) is 29.2 Å². The molecule has 0 bridgehead atoms. The topological polar surface area (TPSA) is 29.8 Å². The van der Waals surface area contributed by atoms with Crippen LogP contribution in [0.2, 0.25) is 10.0 Å². The Kier molecular flexibility index (Phi) is 5.01. The van der Waals surface area contributed by atoms with E-state index in [0.29, 0.717) is 16.6 Å². The van der Waals surface area contributed by atoms with E-state index in [1.807, 2.05) is 18.2 Å². The molecule has 0 radical (unpaired) electrons. The zero-order valence-corrected chi connectivity index (χ0v) is 13.7. The summed E-state index contributed by atoms with van der Waals surface area (Å²) in [6, 6.07) is 15.7. The molecule has 23 heavy (non-hydrogen) atoms. The molecule has 1 aromatic heterocycles. The number of furan rings is 1. The van der Waals surface area contributed by atoms with E-state index in [-0.39, 0.29) is 5.82 Å². The Hall–Kier alpha value is -1.81. The van der Waals surface area contributed by atoms with Gasteiger partial charge in [-0.2, -0.15) is 0 Å². The van der Waals surface area contributed by atoms with Gasteiger partial charge in [0.1, 0.15) is 24.7 Å². The first-order chi connectivity index (χ1) is 11.1. The van der Waals surface area contributed by atoms with E-state index in [4.69, 9.17) is 27.6 Å². The fourth-order valence-corrected chi connectivity index (χ4v) is 2.82. The van der Waals surface area contributed by atoms with Crippen molar-refractivity contribution in [3.8, 4) is 11.3 Å². The van der Waals surface area contributed by atoms with Gasteiger partial charge in [0.15, 0.2) is 5.76 Å². The van der Waals surface area contributed by atoms with E-state index in [1.54, 1.807) is 24.3 Å². The summed E-state index contributed by atoms with van der Waals surface area (Å²) in [5.74, 6) is 1.36. The SMILES string of the molecule is Fc1ccc(C[NH2+]Cc2ccc(-c3ccc(Cl)cc3Cl)o2)cc1. The van der Waals surface area contributed by atoms with Gasteiger partial charge in [0.05, 0.1) is 5.02 Å². The molecule has 2 nitrogen and oxygen atoms in total. The summed E-state index contributed by atoms with van der Waals surface area (Å²) in [6.07, 6.45) is 0. The van der Waals surface area contributed by atoms with Crippen LogP contribution in [0.1, 0.15) is 11.3 Å². The van der Waals surface area contributed by atoms with E-state index in [2.05, 4.69) is 5.32 Å². The van der Waals surface area contributed by atoms with Gasteiger partial charge in [-0.05, 0) is 42.5 Å². The smallest absolute Gasteiger partial charge is 0.158 e. The van der Waals surface area contributed by atoms with Crippen molar-refractivity contribution in [3.05, 3.63) is 81.8 Å². The number of benzene rings is 2. The van der Waals surface area contributed by atoms with Gasteiger partial charge in [0, 0.05) is 16.1 Å². The summed E-state index contributed by atoms with van der Waals surface area (Å²) >= 11 is 12.1. The minimum atomic E-state index is -0.218. The van der Waals surface area contributed by atoms with Gasteiger partial charge in [-0.3, -0.25) is 0 Å². The molecule has 0 aliphatic rings. The maximum Gasteiger partial charge on any atom is 0.158 e. The minimum absolute atomic E-state index is 0.218. The Balaban J connectivity index is 1.62. The second-order valence-electron chi connectivity index (χ2n) is 5.21. The lowest BCUT2D eigenvalue weighted by Crippen LogP contribution is -2.80. The van der Waals surface area contributed by atoms with Crippen LogP contribution in [-0.4, -0.2) is 0 Å². The second-order valence-corrected chi connectivity index (χ2v) is 6.06. The summed E-state index contributed by atoms with van der Waals surface area (Å²) in [5.41, 5.74) is 1.89. The molecule has 0 aliphatic heterocycles. The van der Waals surface area contributed by atoms with E-state index in [1.165, 1.54) is 12.1 Å². The van der Waals surface area contributed by atoms with Crippen molar-refractivity contribution < 1.29 is 14.1 Å². The highest BCUT2D eigenvalue weighted by Crippen LogP contribution is 2.31. The van der Waals surface area contributed by atoms with Crippen molar-refractivity contribution in [2.24, 2.45) is 0 Å². The molecule has 1 heterocycles. The molecular formula is C18H15Cl2FNO+. The Bertz CT molecular complexity index is 799. The van der Waals surface area contributed by atoms with Gasteiger partial charge in [-0.15, -0.1) is 0 Å². The highest BCUT2D eigenvalue weighted by atomic mass is 35.5. The van der Waals surface area contributed by atoms with E-state index in [9.17, 15) is 4.39 Å². The maximum absolute atomic E-state index is 12.9. The number of halogens is 3. The van der Waals surface area contributed by atoms with Crippen LogP contribution in [0.15, 0.2) is 59.0 Å². The second kappa shape index (κ2) is 7.18. The highest BCUT2D eigenvalue weighted by molar-refractivity contribution is 6.36. The molecule has 2 aromatic carbocycles. The molecule has 0 aliphatic carbocycles. The van der Waals surface area contributed by atoms with Crippen molar-refractivity contribution in [2.45, 2.75) is 13.1 Å². The fraction of sp³-hybridized carbons (Fsp3) is 0.111. The molecule has 0 unspecified atom stereocenters. The van der Waals surface area contributed by atoms with Gasteiger partial charge in [-0.1, -0.05) is 35.3 Å². The number of rotatable bonds is 5. The number of nitrogens with two attached hydrogens (primary N) is 1. The average molecular weight is 351 g/mol. The average Bonchev–Trinajstić information content (AvgIpc) is 2.98. The summed E-state index contributed by atoms with van der Waals surface area (Å²) in [4.78, 5) is 0. The molecule has 0 saturated carbocycles. The van der Waals surface area contributed by atoms with Crippen LogP contribution in [0.25, 0.3) is 11.3 Å². The Morgan fingerprint density at radius 1 is 0.913 bits per heavy atom. The molecular weight excluding hydrogens is 336 g/mol. The molecule has 0 saturated heterocycles. The van der Waals surface area contributed by atoms with E-state index >= 15 is 0 Å². The molecule has 0 fully saturated rings. The van der Waals surface area contributed by atoms with Crippen LogP contribution >= 0.6 is 23.2 Å². The first kappa shape index (κ1) is 16.1. The third-order valence-electron chi connectivity index (χ3n) is 3.50. The molecule has 3 aromatic rings. The number of quaternary nitrogens is 1. The van der Waals surface area contributed by atoms with Crippen LogP contribution < -0.4 is 5.32 Å². The summed E-state index contributed by atoms with van der Waals surface area (Å²) in [7, 11) is 0. The van der Waals surface area contributed by atoms with Crippen LogP contribution in [0.5, 0.6) is 0 Å². The summed E-state index contributed by atoms with van der Waals surface area (Å²) < 4.78 is 18.7. The molecule has 118 valence electrons. The van der Waals surface area contributed by atoms with Crippen molar-refractivity contribution >= 4 is 23.2 Å². The lowest BCUT2D eigenvalue weighted by atomic mass is 10.2. The third-order valence-corrected chi connectivity index (χ3v) is 4.04. The normalized spacial score (nSPS) is 10.9. The monoisotopic (exact) mass is 350 g/mol. The van der Waals surface area contributed by atoms with Crippen molar-refractivity contribution in [2.75, 3.05) is 0 Å². The van der Waals surface area contributed by atoms with Gasteiger partial charge in [0.25, 0.3) is 0 Å². The molecule has 0 spiro atoms.